The maximum Gasteiger partial charge on any atom is 0.267 e. The zero-order valence-electron chi connectivity index (χ0n) is 16.6. The maximum absolute atomic E-state index is 12.6. The average Bonchev–Trinajstić information content (AvgIpc) is 3.21. The molecule has 0 radical (unpaired) electrons. The van der Waals surface area contributed by atoms with Gasteiger partial charge in [-0.15, -0.1) is 0 Å². The number of rotatable bonds is 3. The Morgan fingerprint density at radius 1 is 1.14 bits per heavy atom. The fraction of sp³-hybridized carbons (Fsp3) is 0.545. The van der Waals surface area contributed by atoms with Crippen molar-refractivity contribution < 1.29 is 4.74 Å². The molecule has 0 N–H and O–H groups in total. The van der Waals surface area contributed by atoms with E-state index in [0.717, 1.165) is 67.8 Å². The van der Waals surface area contributed by atoms with Gasteiger partial charge < -0.3 is 9.64 Å². The lowest BCUT2D eigenvalue weighted by Crippen LogP contribution is -2.39. The minimum absolute atomic E-state index is 0.0833. The van der Waals surface area contributed by atoms with E-state index in [4.69, 9.17) is 9.72 Å². The molecule has 29 heavy (non-hydrogen) atoms. The van der Waals surface area contributed by atoms with Gasteiger partial charge in [0, 0.05) is 30.3 Å². The Morgan fingerprint density at radius 3 is 2.93 bits per heavy atom. The van der Waals surface area contributed by atoms with E-state index in [2.05, 4.69) is 16.1 Å². The molecule has 3 aliphatic rings. The third-order valence-corrected chi connectivity index (χ3v) is 6.34. The Morgan fingerprint density at radius 2 is 2.03 bits per heavy atom. The molecular weight excluding hydrogens is 366 g/mol. The fourth-order valence-electron chi connectivity index (χ4n) is 4.81. The summed E-state index contributed by atoms with van der Waals surface area (Å²) < 4.78 is 7.03. The molecule has 1 fully saturated rings. The normalized spacial score (nSPS) is 20.8. The summed E-state index contributed by atoms with van der Waals surface area (Å²) in [5, 5.41) is 14.4. The van der Waals surface area contributed by atoms with Crippen molar-refractivity contribution in [2.24, 2.45) is 0 Å². The summed E-state index contributed by atoms with van der Waals surface area (Å²) in [6, 6.07) is 6.18. The number of hydrogen-bond acceptors (Lipinski definition) is 6. The molecule has 1 unspecified atom stereocenters. The van der Waals surface area contributed by atoms with Crippen LogP contribution in [-0.4, -0.2) is 34.0 Å². The van der Waals surface area contributed by atoms with Gasteiger partial charge in [-0.25, -0.2) is 9.67 Å². The molecule has 2 aliphatic heterocycles. The second-order valence-corrected chi connectivity index (χ2v) is 8.21. The summed E-state index contributed by atoms with van der Waals surface area (Å²) in [6.07, 6.45) is 7.07. The Hall–Kier alpha value is -2.72. The molecule has 1 aliphatic carbocycles. The summed E-state index contributed by atoms with van der Waals surface area (Å²) in [5.41, 5.74) is 4.80. The zero-order chi connectivity index (χ0) is 19.8. The lowest BCUT2D eigenvalue weighted by Gasteiger charge is -2.28. The summed E-state index contributed by atoms with van der Waals surface area (Å²) in [7, 11) is 0. The van der Waals surface area contributed by atoms with Crippen LogP contribution in [0.2, 0.25) is 0 Å². The number of hydrogen-bond donors (Lipinski definition) is 0. The molecule has 150 valence electrons. The molecule has 0 aromatic carbocycles. The molecule has 0 spiro atoms. The van der Waals surface area contributed by atoms with Crippen LogP contribution in [-0.2, 0) is 37.2 Å². The minimum atomic E-state index is -0.0833. The van der Waals surface area contributed by atoms with E-state index in [9.17, 15) is 10.1 Å². The molecule has 5 rings (SSSR count). The molecule has 0 amide bonds. The summed E-state index contributed by atoms with van der Waals surface area (Å²) in [4.78, 5) is 19.8. The van der Waals surface area contributed by atoms with Crippen molar-refractivity contribution in [2.45, 2.75) is 64.1 Å². The molecule has 4 heterocycles. The third-order valence-electron chi connectivity index (χ3n) is 6.34. The first-order chi connectivity index (χ1) is 14.2. The fourth-order valence-corrected chi connectivity index (χ4v) is 4.81. The van der Waals surface area contributed by atoms with Gasteiger partial charge in [0.2, 0.25) is 0 Å². The molecule has 0 saturated carbocycles. The highest BCUT2D eigenvalue weighted by Crippen LogP contribution is 2.31. The predicted octanol–water partition coefficient (Wildman–Crippen LogP) is 2.13. The molecule has 1 atom stereocenters. The van der Waals surface area contributed by atoms with E-state index < -0.39 is 0 Å². The van der Waals surface area contributed by atoms with Gasteiger partial charge >= 0.3 is 0 Å². The van der Waals surface area contributed by atoms with Crippen molar-refractivity contribution in [2.75, 3.05) is 18.1 Å². The first-order valence-electron chi connectivity index (χ1n) is 10.6. The van der Waals surface area contributed by atoms with Gasteiger partial charge in [-0.2, -0.15) is 10.4 Å². The van der Waals surface area contributed by atoms with Gasteiger partial charge in [-0.1, -0.05) is 0 Å². The highest BCUT2D eigenvalue weighted by molar-refractivity contribution is 5.57. The van der Waals surface area contributed by atoms with Crippen LogP contribution in [0.15, 0.2) is 16.9 Å². The predicted molar refractivity (Wildman–Crippen MR) is 108 cm³/mol. The molecule has 7 nitrogen and oxygen atoms in total. The monoisotopic (exact) mass is 391 g/mol. The van der Waals surface area contributed by atoms with Crippen LogP contribution in [0.4, 0.5) is 5.82 Å². The van der Waals surface area contributed by atoms with Crippen molar-refractivity contribution >= 4 is 5.82 Å². The summed E-state index contributed by atoms with van der Waals surface area (Å²) in [5.74, 6) is 0.787. The van der Waals surface area contributed by atoms with E-state index in [1.807, 2.05) is 6.07 Å². The van der Waals surface area contributed by atoms with Crippen LogP contribution in [0, 0.1) is 11.3 Å². The first kappa shape index (κ1) is 18.3. The van der Waals surface area contributed by atoms with Crippen molar-refractivity contribution in [1.82, 2.24) is 14.8 Å². The third kappa shape index (κ3) is 3.42. The SMILES string of the molecule is N#Cc1cc2c(nc1N1CCCC1Cn1nc3c(cc1=O)COCC3)CCCC2. The van der Waals surface area contributed by atoms with Crippen LogP contribution in [0.5, 0.6) is 0 Å². The van der Waals surface area contributed by atoms with E-state index >= 15 is 0 Å². The van der Waals surface area contributed by atoms with Gasteiger partial charge in [0.1, 0.15) is 11.9 Å². The minimum Gasteiger partial charge on any atom is -0.376 e. The van der Waals surface area contributed by atoms with E-state index in [1.54, 1.807) is 10.7 Å². The zero-order valence-corrected chi connectivity index (χ0v) is 16.6. The van der Waals surface area contributed by atoms with Gasteiger partial charge in [0.15, 0.2) is 0 Å². The van der Waals surface area contributed by atoms with Crippen LogP contribution >= 0.6 is 0 Å². The molecule has 7 heteroatoms. The largest absolute Gasteiger partial charge is 0.376 e. The highest BCUT2D eigenvalue weighted by Gasteiger charge is 2.30. The standard InChI is InChI=1S/C22H25N5O2/c23-12-16-10-15-4-1-2-6-19(15)24-22(16)26-8-3-5-18(26)13-27-21(28)11-17-14-29-9-7-20(17)25-27/h10-11,18H,1-9,13-14H2. The maximum atomic E-state index is 12.6. The van der Waals surface area contributed by atoms with Gasteiger partial charge in [0.05, 0.1) is 37.1 Å². The average molecular weight is 391 g/mol. The second-order valence-electron chi connectivity index (χ2n) is 8.21. The van der Waals surface area contributed by atoms with Gasteiger partial charge in [-0.05, 0) is 50.2 Å². The molecule has 2 aromatic heterocycles. The van der Waals surface area contributed by atoms with Crippen molar-refractivity contribution in [1.29, 1.82) is 5.26 Å². The van der Waals surface area contributed by atoms with Crippen LogP contribution < -0.4 is 10.5 Å². The van der Waals surface area contributed by atoms with Crippen LogP contribution in [0.25, 0.3) is 0 Å². The van der Waals surface area contributed by atoms with Crippen LogP contribution in [0.1, 0.15) is 53.8 Å². The number of aryl methyl sites for hydroxylation is 2. The number of fused-ring (bicyclic) bond motifs is 2. The molecular formula is C22H25N5O2. The summed E-state index contributed by atoms with van der Waals surface area (Å²) >= 11 is 0. The lowest BCUT2D eigenvalue weighted by atomic mass is 9.95. The Labute approximate surface area is 169 Å². The Bertz CT molecular complexity index is 1040. The smallest absolute Gasteiger partial charge is 0.267 e. The number of anilines is 1. The second kappa shape index (κ2) is 7.60. The van der Waals surface area contributed by atoms with E-state index in [0.29, 0.717) is 25.3 Å². The molecule has 1 saturated heterocycles. The quantitative estimate of drug-likeness (QED) is 0.797. The van der Waals surface area contributed by atoms with Crippen molar-refractivity contribution in [3.8, 4) is 6.07 Å². The topological polar surface area (TPSA) is 84.0 Å². The number of aromatic nitrogens is 3. The number of pyridine rings is 1. The number of nitriles is 1. The van der Waals surface area contributed by atoms with E-state index in [1.165, 1.54) is 12.0 Å². The molecule has 0 bridgehead atoms. The first-order valence-corrected chi connectivity index (χ1v) is 10.6. The Kier molecular flexibility index (Phi) is 4.80. The van der Waals surface area contributed by atoms with Crippen LogP contribution in [0.3, 0.4) is 0 Å². The van der Waals surface area contributed by atoms with Crippen molar-refractivity contribution in [3.05, 3.63) is 50.6 Å². The van der Waals surface area contributed by atoms with E-state index in [-0.39, 0.29) is 11.6 Å². The van der Waals surface area contributed by atoms with Crippen molar-refractivity contribution in [3.63, 3.8) is 0 Å². The molecule has 2 aromatic rings. The number of nitrogens with zero attached hydrogens (tertiary/aromatic N) is 5. The lowest BCUT2D eigenvalue weighted by molar-refractivity contribution is 0.108. The Balaban J connectivity index is 1.46. The van der Waals surface area contributed by atoms with Gasteiger partial charge in [0.25, 0.3) is 5.56 Å². The summed E-state index contributed by atoms with van der Waals surface area (Å²) in [6.45, 7) is 2.51. The van der Waals surface area contributed by atoms with Gasteiger partial charge in [-0.3, -0.25) is 4.79 Å². The highest BCUT2D eigenvalue weighted by atomic mass is 16.5. The number of ether oxygens (including phenoxy) is 1.